The molecule has 0 aromatic carbocycles. The molecule has 1 saturated carbocycles. The van der Waals surface area contributed by atoms with Crippen LogP contribution in [0.3, 0.4) is 0 Å². The molecule has 1 aromatic rings. The topological polar surface area (TPSA) is 88.3 Å². The number of rotatable bonds is 4. The van der Waals surface area contributed by atoms with E-state index in [0.717, 1.165) is 19.3 Å². The summed E-state index contributed by atoms with van der Waals surface area (Å²) in [7, 11) is 0. The Balaban J connectivity index is 2.06. The maximum Gasteiger partial charge on any atom is 0.311 e. The van der Waals surface area contributed by atoms with E-state index in [-0.39, 0.29) is 11.5 Å². The number of aromatic nitrogens is 1. The van der Waals surface area contributed by atoms with Gasteiger partial charge in [-0.15, -0.1) is 0 Å². The van der Waals surface area contributed by atoms with E-state index < -0.39 is 10.5 Å². The summed E-state index contributed by atoms with van der Waals surface area (Å²) in [6.45, 7) is 0.310. The van der Waals surface area contributed by atoms with Crippen LogP contribution in [0.5, 0.6) is 0 Å². The predicted molar refractivity (Wildman–Crippen MR) is 58.2 cm³/mol. The molecular weight excluding hydrogens is 210 g/mol. The maximum absolute atomic E-state index is 10.7. The van der Waals surface area contributed by atoms with E-state index in [1.807, 2.05) is 0 Å². The average Bonchev–Trinajstić information content (AvgIpc) is 2.24. The molecule has 1 heterocycles. The van der Waals surface area contributed by atoms with Gasteiger partial charge in [-0.2, -0.15) is 0 Å². The van der Waals surface area contributed by atoms with Crippen molar-refractivity contribution < 1.29 is 10.0 Å². The number of aliphatic hydroxyl groups is 1. The zero-order chi connectivity index (χ0) is 11.6. The number of anilines is 1. The van der Waals surface area contributed by atoms with E-state index >= 15 is 0 Å². The van der Waals surface area contributed by atoms with Crippen molar-refractivity contribution >= 4 is 11.5 Å². The first kappa shape index (κ1) is 10.8. The van der Waals surface area contributed by atoms with Crippen LogP contribution < -0.4 is 5.32 Å². The summed E-state index contributed by atoms with van der Waals surface area (Å²) < 4.78 is 0. The molecule has 1 fully saturated rings. The van der Waals surface area contributed by atoms with Crippen molar-refractivity contribution in [3.63, 3.8) is 0 Å². The second kappa shape index (κ2) is 4.05. The Labute approximate surface area is 92.5 Å². The van der Waals surface area contributed by atoms with Gasteiger partial charge in [0.25, 0.3) is 0 Å². The third-order valence-electron chi connectivity index (χ3n) is 2.85. The van der Waals surface area contributed by atoms with E-state index in [4.69, 9.17) is 0 Å². The summed E-state index contributed by atoms with van der Waals surface area (Å²) in [5, 5.41) is 23.4. The van der Waals surface area contributed by atoms with Crippen molar-refractivity contribution in [2.24, 2.45) is 0 Å². The smallest absolute Gasteiger partial charge is 0.311 e. The Morgan fingerprint density at radius 2 is 2.38 bits per heavy atom. The van der Waals surface area contributed by atoms with Gasteiger partial charge in [-0.25, -0.2) is 4.98 Å². The highest BCUT2D eigenvalue weighted by Crippen LogP contribution is 2.32. The fourth-order valence-corrected chi connectivity index (χ4v) is 1.69. The highest BCUT2D eigenvalue weighted by atomic mass is 16.6. The molecule has 1 aliphatic rings. The molecule has 0 bridgehead atoms. The third-order valence-corrected chi connectivity index (χ3v) is 2.85. The Bertz CT molecular complexity index is 404. The van der Waals surface area contributed by atoms with Crippen molar-refractivity contribution in [1.29, 1.82) is 0 Å². The molecule has 86 valence electrons. The molecule has 6 nitrogen and oxygen atoms in total. The van der Waals surface area contributed by atoms with Crippen molar-refractivity contribution in [2.45, 2.75) is 24.9 Å². The van der Waals surface area contributed by atoms with Crippen LogP contribution in [0.1, 0.15) is 19.3 Å². The molecule has 2 rings (SSSR count). The quantitative estimate of drug-likeness (QED) is 0.593. The number of nitrogens with zero attached hydrogens (tertiary/aromatic N) is 2. The van der Waals surface area contributed by atoms with Gasteiger partial charge in [0, 0.05) is 18.8 Å². The number of nitrogens with one attached hydrogen (secondary N) is 1. The molecule has 0 radical (unpaired) electrons. The molecule has 0 atom stereocenters. The van der Waals surface area contributed by atoms with Gasteiger partial charge in [-0.05, 0) is 25.3 Å². The zero-order valence-electron chi connectivity index (χ0n) is 8.72. The van der Waals surface area contributed by atoms with Crippen LogP contribution in [-0.4, -0.2) is 27.2 Å². The summed E-state index contributed by atoms with van der Waals surface area (Å²) in [4.78, 5) is 14.1. The lowest BCUT2D eigenvalue weighted by molar-refractivity contribution is -0.384. The summed E-state index contributed by atoms with van der Waals surface area (Å²) >= 11 is 0. The van der Waals surface area contributed by atoms with Gasteiger partial charge in [0.2, 0.25) is 5.82 Å². The van der Waals surface area contributed by atoms with E-state index in [0.29, 0.717) is 6.54 Å². The van der Waals surface area contributed by atoms with E-state index in [1.54, 1.807) is 0 Å². The lowest BCUT2D eigenvalue weighted by Gasteiger charge is -2.36. The second-order valence-electron chi connectivity index (χ2n) is 4.06. The number of hydrogen-bond acceptors (Lipinski definition) is 5. The summed E-state index contributed by atoms with van der Waals surface area (Å²) in [6.07, 6.45) is 3.96. The molecule has 0 unspecified atom stereocenters. The zero-order valence-corrected chi connectivity index (χ0v) is 8.72. The summed E-state index contributed by atoms with van der Waals surface area (Å²) in [5.74, 6) is 0.216. The minimum Gasteiger partial charge on any atom is -0.388 e. The Morgan fingerprint density at radius 3 is 2.94 bits per heavy atom. The molecule has 1 aromatic heterocycles. The van der Waals surface area contributed by atoms with Crippen LogP contribution in [0.15, 0.2) is 18.3 Å². The van der Waals surface area contributed by atoms with Crippen molar-refractivity contribution in [2.75, 3.05) is 11.9 Å². The van der Waals surface area contributed by atoms with Gasteiger partial charge in [0.15, 0.2) is 0 Å². The van der Waals surface area contributed by atoms with Gasteiger partial charge < -0.3 is 10.4 Å². The molecule has 0 spiro atoms. The van der Waals surface area contributed by atoms with E-state index in [2.05, 4.69) is 10.3 Å². The first-order chi connectivity index (χ1) is 7.61. The number of pyridine rings is 1. The molecule has 2 N–H and O–H groups in total. The molecule has 1 aliphatic carbocycles. The van der Waals surface area contributed by atoms with Crippen molar-refractivity contribution in [3.8, 4) is 0 Å². The van der Waals surface area contributed by atoms with Crippen LogP contribution in [-0.2, 0) is 0 Å². The second-order valence-corrected chi connectivity index (χ2v) is 4.06. The standard InChI is InChI=1S/C10H13N3O3/c14-10(4-2-5-10)7-12-9-8(13(15)16)3-1-6-11-9/h1,3,6,14H,2,4-5,7H2,(H,11,12). The van der Waals surface area contributed by atoms with E-state index in [1.165, 1.54) is 18.3 Å². The largest absolute Gasteiger partial charge is 0.388 e. The molecular formula is C10H13N3O3. The monoisotopic (exact) mass is 223 g/mol. The van der Waals surface area contributed by atoms with Gasteiger partial charge in [0.1, 0.15) is 0 Å². The minimum atomic E-state index is -0.717. The first-order valence-electron chi connectivity index (χ1n) is 5.16. The normalized spacial score (nSPS) is 17.6. The number of hydrogen-bond donors (Lipinski definition) is 2. The van der Waals surface area contributed by atoms with Crippen LogP contribution in [0.4, 0.5) is 11.5 Å². The Morgan fingerprint density at radius 1 is 1.62 bits per heavy atom. The van der Waals surface area contributed by atoms with Gasteiger partial charge in [-0.1, -0.05) is 0 Å². The van der Waals surface area contributed by atoms with Crippen LogP contribution in [0.25, 0.3) is 0 Å². The number of nitro groups is 1. The van der Waals surface area contributed by atoms with Gasteiger partial charge in [0.05, 0.1) is 10.5 Å². The Hall–Kier alpha value is -1.69. The first-order valence-corrected chi connectivity index (χ1v) is 5.16. The van der Waals surface area contributed by atoms with Gasteiger partial charge in [-0.3, -0.25) is 10.1 Å². The van der Waals surface area contributed by atoms with Crippen molar-refractivity contribution in [3.05, 3.63) is 28.4 Å². The predicted octanol–water partition coefficient (Wildman–Crippen LogP) is 1.32. The van der Waals surface area contributed by atoms with Crippen molar-refractivity contribution in [1.82, 2.24) is 4.98 Å². The lowest BCUT2D eigenvalue weighted by atomic mass is 9.80. The van der Waals surface area contributed by atoms with Crippen LogP contribution in [0, 0.1) is 10.1 Å². The highest BCUT2D eigenvalue weighted by Gasteiger charge is 2.34. The SMILES string of the molecule is O=[N+]([O-])c1cccnc1NCC1(O)CCC1. The third kappa shape index (κ3) is 2.11. The van der Waals surface area contributed by atoms with Gasteiger partial charge >= 0.3 is 5.69 Å². The molecule has 16 heavy (non-hydrogen) atoms. The van der Waals surface area contributed by atoms with E-state index in [9.17, 15) is 15.2 Å². The summed E-state index contributed by atoms with van der Waals surface area (Å²) in [5.41, 5.74) is -0.781. The molecule has 0 aliphatic heterocycles. The Kier molecular flexibility index (Phi) is 2.74. The average molecular weight is 223 g/mol. The van der Waals surface area contributed by atoms with Crippen LogP contribution in [0.2, 0.25) is 0 Å². The fourth-order valence-electron chi connectivity index (χ4n) is 1.69. The highest BCUT2D eigenvalue weighted by molar-refractivity contribution is 5.55. The lowest BCUT2D eigenvalue weighted by Crippen LogP contribution is -2.43. The fraction of sp³-hybridized carbons (Fsp3) is 0.500. The molecule has 0 amide bonds. The molecule has 0 saturated heterocycles. The summed E-state index contributed by atoms with van der Waals surface area (Å²) in [6, 6.07) is 2.90. The van der Waals surface area contributed by atoms with Crippen LogP contribution >= 0.6 is 0 Å². The molecule has 6 heteroatoms. The minimum absolute atomic E-state index is 0.0644. The maximum atomic E-state index is 10.7.